The van der Waals surface area contributed by atoms with Crippen LogP contribution >= 0.6 is 15.9 Å². The maximum atomic E-state index is 5.75. The molecule has 5 rings (SSSR count). The van der Waals surface area contributed by atoms with Crippen molar-refractivity contribution in [2.45, 2.75) is 58.8 Å². The van der Waals surface area contributed by atoms with Crippen molar-refractivity contribution in [2.24, 2.45) is 34.5 Å². The number of fused-ring (bicyclic) bond motifs is 5. The Kier molecular flexibility index (Phi) is 2.51. The Morgan fingerprint density at radius 2 is 2.00 bits per heavy atom. The van der Waals surface area contributed by atoms with Crippen LogP contribution in [-0.2, 0) is 4.74 Å². The summed E-state index contributed by atoms with van der Waals surface area (Å²) in [5.41, 5.74) is 0.966. The molecule has 21 heavy (non-hydrogen) atoms. The first-order valence-corrected chi connectivity index (χ1v) is 9.58. The molecule has 0 bridgehead atoms. The van der Waals surface area contributed by atoms with Crippen LogP contribution in [-0.4, -0.2) is 0 Å². The Morgan fingerprint density at radius 1 is 1.14 bits per heavy atom. The van der Waals surface area contributed by atoms with E-state index in [9.17, 15) is 0 Å². The third-order valence-electron chi connectivity index (χ3n) is 8.04. The molecule has 0 radical (unpaired) electrons. The predicted octanol–water partition coefficient (Wildman–Crippen LogP) is 5.77. The minimum atomic E-state index is 0.444. The number of ether oxygens (including phenoxy) is 1. The maximum absolute atomic E-state index is 5.75. The van der Waals surface area contributed by atoms with Gasteiger partial charge in [-0.05, 0) is 65.7 Å². The molecule has 1 aliphatic heterocycles. The molecule has 6 atom stereocenters. The predicted molar refractivity (Wildman–Crippen MR) is 87.6 cm³/mol. The Labute approximate surface area is 136 Å². The number of halogens is 1. The van der Waals surface area contributed by atoms with E-state index in [0.29, 0.717) is 10.8 Å². The Balaban J connectivity index is 1.50. The summed E-state index contributed by atoms with van der Waals surface area (Å²) in [5, 5.41) is 0. The van der Waals surface area contributed by atoms with Gasteiger partial charge in [-0.25, -0.2) is 0 Å². The molecular weight excluding hydrogens is 324 g/mol. The standard InChI is InChI=1S/C19H25BrO/c1-18-8-7-14-12(13(18)5-6-17(18)20)4-3-11-9-15-16(21-15)10-19(11,14)2/h6,11-14H,3-5,7-10H2,1-2H3/t11?,12-,13-,14-,18-,19-/m0/s1. The molecule has 2 fully saturated rings. The first-order valence-electron chi connectivity index (χ1n) is 8.78. The lowest BCUT2D eigenvalue weighted by Gasteiger charge is -2.58. The van der Waals surface area contributed by atoms with Gasteiger partial charge in [-0.2, -0.15) is 0 Å². The molecule has 2 heteroatoms. The monoisotopic (exact) mass is 348 g/mol. The summed E-state index contributed by atoms with van der Waals surface area (Å²) >= 11 is 3.88. The van der Waals surface area contributed by atoms with Gasteiger partial charge in [0.2, 0.25) is 0 Å². The number of rotatable bonds is 0. The van der Waals surface area contributed by atoms with Gasteiger partial charge in [0.1, 0.15) is 11.5 Å². The summed E-state index contributed by atoms with van der Waals surface area (Å²) in [6.45, 7) is 5.11. The first-order chi connectivity index (χ1) is 10.0. The van der Waals surface area contributed by atoms with Gasteiger partial charge < -0.3 is 4.74 Å². The molecule has 2 saturated carbocycles. The van der Waals surface area contributed by atoms with Gasteiger partial charge in [0.05, 0.1) is 0 Å². The average molecular weight is 349 g/mol. The average Bonchev–Trinajstić information content (AvgIpc) is 3.12. The largest absolute Gasteiger partial charge is 0.459 e. The van der Waals surface area contributed by atoms with Crippen LogP contribution in [0.1, 0.15) is 58.8 Å². The zero-order chi connectivity index (χ0) is 14.4. The van der Waals surface area contributed by atoms with Crippen molar-refractivity contribution in [1.82, 2.24) is 0 Å². The van der Waals surface area contributed by atoms with E-state index in [4.69, 9.17) is 4.74 Å². The van der Waals surface area contributed by atoms with E-state index >= 15 is 0 Å². The fourth-order valence-electron chi connectivity index (χ4n) is 6.64. The van der Waals surface area contributed by atoms with E-state index in [2.05, 4.69) is 35.9 Å². The van der Waals surface area contributed by atoms with Crippen LogP contribution in [0.3, 0.4) is 0 Å². The zero-order valence-electron chi connectivity index (χ0n) is 13.1. The first kappa shape index (κ1) is 13.2. The van der Waals surface area contributed by atoms with Crippen molar-refractivity contribution in [3.05, 3.63) is 22.1 Å². The molecule has 1 unspecified atom stereocenters. The van der Waals surface area contributed by atoms with Gasteiger partial charge in [0, 0.05) is 18.3 Å². The van der Waals surface area contributed by atoms with Crippen molar-refractivity contribution < 1.29 is 4.74 Å². The molecule has 0 spiro atoms. The molecule has 4 aliphatic carbocycles. The lowest BCUT2D eigenvalue weighted by atomic mass is 9.46. The smallest absolute Gasteiger partial charge is 0.142 e. The second-order valence-electron chi connectivity index (χ2n) is 8.73. The second kappa shape index (κ2) is 3.99. The highest BCUT2D eigenvalue weighted by molar-refractivity contribution is 9.11. The summed E-state index contributed by atoms with van der Waals surface area (Å²) in [4.78, 5) is 0. The van der Waals surface area contributed by atoms with E-state index in [0.717, 1.165) is 23.7 Å². The second-order valence-corrected chi connectivity index (χ2v) is 9.58. The number of hydrogen-bond acceptors (Lipinski definition) is 1. The minimum absolute atomic E-state index is 0.444. The molecular formula is C19H25BrO. The van der Waals surface area contributed by atoms with Crippen molar-refractivity contribution in [3.63, 3.8) is 0 Å². The number of allylic oxidation sites excluding steroid dienone is 4. The molecule has 1 heterocycles. The van der Waals surface area contributed by atoms with E-state index < -0.39 is 0 Å². The van der Waals surface area contributed by atoms with Gasteiger partial charge in [-0.3, -0.25) is 0 Å². The van der Waals surface area contributed by atoms with Crippen LogP contribution in [0.2, 0.25) is 0 Å². The van der Waals surface area contributed by atoms with Crippen LogP contribution in [0.25, 0.3) is 0 Å². The third-order valence-corrected chi connectivity index (χ3v) is 9.27. The molecule has 0 aromatic rings. The van der Waals surface area contributed by atoms with Crippen molar-refractivity contribution in [3.8, 4) is 0 Å². The molecule has 5 aliphatic rings. The normalized spacial score (nSPS) is 54.0. The minimum Gasteiger partial charge on any atom is -0.459 e. The van der Waals surface area contributed by atoms with E-state index in [1.807, 2.05) is 0 Å². The zero-order valence-corrected chi connectivity index (χ0v) is 14.7. The van der Waals surface area contributed by atoms with Crippen LogP contribution < -0.4 is 0 Å². The molecule has 0 aromatic carbocycles. The van der Waals surface area contributed by atoms with Crippen molar-refractivity contribution in [2.75, 3.05) is 0 Å². The van der Waals surface area contributed by atoms with Gasteiger partial charge in [0.15, 0.2) is 0 Å². The Bertz CT molecular complexity index is 576. The van der Waals surface area contributed by atoms with Gasteiger partial charge >= 0.3 is 0 Å². The van der Waals surface area contributed by atoms with Crippen LogP contribution in [0.4, 0.5) is 0 Å². The van der Waals surface area contributed by atoms with E-state index in [1.54, 1.807) is 0 Å². The topological polar surface area (TPSA) is 12.5 Å². The molecule has 0 saturated heterocycles. The SMILES string of the molecule is C[C@]12CC3=C(CC1CC[C@@H]1[C@@H]2CC[C@]2(C)C(Br)=CC[C@@H]12)O3. The van der Waals surface area contributed by atoms with Gasteiger partial charge in [-0.15, -0.1) is 0 Å². The van der Waals surface area contributed by atoms with Gasteiger partial charge in [0.25, 0.3) is 0 Å². The van der Waals surface area contributed by atoms with Crippen molar-refractivity contribution >= 4 is 15.9 Å². The number of hydrogen-bond donors (Lipinski definition) is 0. The highest BCUT2D eigenvalue weighted by Gasteiger charge is 2.60. The Morgan fingerprint density at radius 3 is 2.86 bits per heavy atom. The Hall–Kier alpha value is -0.240. The molecule has 114 valence electrons. The lowest BCUT2D eigenvalue weighted by molar-refractivity contribution is -0.0809. The highest BCUT2D eigenvalue weighted by atomic mass is 79.9. The van der Waals surface area contributed by atoms with Gasteiger partial charge in [-0.1, -0.05) is 35.9 Å². The van der Waals surface area contributed by atoms with E-state index in [-0.39, 0.29) is 0 Å². The lowest BCUT2D eigenvalue weighted by Crippen LogP contribution is -2.51. The molecule has 0 amide bonds. The summed E-state index contributed by atoms with van der Waals surface area (Å²) in [6, 6.07) is 0. The third kappa shape index (κ3) is 1.58. The molecule has 1 nitrogen and oxygen atoms in total. The summed E-state index contributed by atoms with van der Waals surface area (Å²) < 4.78 is 7.26. The van der Waals surface area contributed by atoms with Crippen LogP contribution in [0.5, 0.6) is 0 Å². The van der Waals surface area contributed by atoms with Crippen LogP contribution in [0, 0.1) is 34.5 Å². The van der Waals surface area contributed by atoms with Crippen LogP contribution in [0.15, 0.2) is 22.1 Å². The summed E-state index contributed by atoms with van der Waals surface area (Å²) in [5.74, 6) is 6.38. The summed E-state index contributed by atoms with van der Waals surface area (Å²) in [6.07, 6.45) is 12.0. The maximum Gasteiger partial charge on any atom is 0.142 e. The summed E-state index contributed by atoms with van der Waals surface area (Å²) in [7, 11) is 0. The highest BCUT2D eigenvalue weighted by Crippen LogP contribution is 2.68. The molecule has 0 N–H and O–H groups in total. The fraction of sp³-hybridized carbons (Fsp3) is 0.789. The molecule has 0 aromatic heterocycles. The quantitative estimate of drug-likeness (QED) is 0.541. The van der Waals surface area contributed by atoms with E-state index in [1.165, 1.54) is 60.9 Å². The van der Waals surface area contributed by atoms with Crippen molar-refractivity contribution in [1.29, 1.82) is 0 Å². The fourth-order valence-corrected chi connectivity index (χ4v) is 7.32.